The van der Waals surface area contributed by atoms with Crippen LogP contribution in [0, 0.1) is 0 Å². The lowest BCUT2D eigenvalue weighted by Crippen LogP contribution is -2.13. The zero-order valence-corrected chi connectivity index (χ0v) is 13.5. The number of hydrogen-bond acceptors (Lipinski definition) is 6. The molecule has 24 heavy (non-hydrogen) atoms. The van der Waals surface area contributed by atoms with Crippen molar-refractivity contribution in [1.29, 1.82) is 0 Å². The quantitative estimate of drug-likeness (QED) is 0.586. The highest BCUT2D eigenvalue weighted by atomic mass is 32.1. The molecule has 0 bridgehead atoms. The number of rotatable bonds is 5. The molecule has 4 aromatic rings. The molecule has 1 N–H and O–H groups in total. The molecule has 0 aliphatic carbocycles. The van der Waals surface area contributed by atoms with Crippen molar-refractivity contribution in [3.05, 3.63) is 82.8 Å². The summed E-state index contributed by atoms with van der Waals surface area (Å²) in [5.74, 6) is 0.932. The highest BCUT2D eigenvalue weighted by molar-refractivity contribution is 7.09. The summed E-state index contributed by atoms with van der Waals surface area (Å²) in [6.07, 6.45) is 1.79. The molecule has 1 unspecified atom stereocenters. The first-order chi connectivity index (χ1) is 11.9. The normalized spacial score (nSPS) is 12.0. The molecule has 0 amide bonds. The van der Waals surface area contributed by atoms with Gasteiger partial charge in [0, 0.05) is 17.1 Å². The Morgan fingerprint density at radius 1 is 0.958 bits per heavy atom. The van der Waals surface area contributed by atoms with Crippen LogP contribution in [-0.2, 0) is 0 Å². The van der Waals surface area contributed by atoms with Crippen molar-refractivity contribution in [2.24, 2.45) is 0 Å². The Morgan fingerprint density at radius 3 is 2.42 bits per heavy atom. The molecule has 0 saturated heterocycles. The van der Waals surface area contributed by atoms with Crippen LogP contribution in [0.15, 0.2) is 76.8 Å². The lowest BCUT2D eigenvalue weighted by atomic mass is 10.1. The molecule has 0 aliphatic heterocycles. The first-order valence-electron chi connectivity index (χ1n) is 7.50. The molecule has 1 atom stereocenters. The third kappa shape index (κ3) is 3.04. The number of benzene rings is 2. The molecule has 118 valence electrons. The Morgan fingerprint density at radius 2 is 1.71 bits per heavy atom. The molecule has 0 fully saturated rings. The third-order valence-corrected chi connectivity index (χ3v) is 4.39. The first-order valence-corrected chi connectivity index (χ1v) is 8.38. The van der Waals surface area contributed by atoms with E-state index in [9.17, 15) is 0 Å². The molecule has 2 aromatic carbocycles. The van der Waals surface area contributed by atoms with Crippen LogP contribution in [-0.4, -0.2) is 15.1 Å². The predicted octanol–water partition coefficient (Wildman–Crippen LogP) is 4.39. The van der Waals surface area contributed by atoms with E-state index in [1.807, 2.05) is 53.9 Å². The standard InChI is InChI=1S/C18H14N4OS/c1-3-7-13(8-4-1)15(17-19-11-12-24-17)20-18-21-16(23-22-18)14-9-5-2-6-10-14/h1-12,15H,(H,20,22). The monoisotopic (exact) mass is 334 g/mol. The maximum atomic E-state index is 5.36. The molecule has 0 radical (unpaired) electrons. The van der Waals surface area contributed by atoms with Crippen molar-refractivity contribution in [1.82, 2.24) is 15.1 Å². The molecular formula is C18H14N4OS. The van der Waals surface area contributed by atoms with Gasteiger partial charge in [-0.1, -0.05) is 48.5 Å². The number of aromatic nitrogens is 3. The summed E-state index contributed by atoms with van der Waals surface area (Å²) in [4.78, 5) is 8.87. The Hall–Kier alpha value is -2.99. The fourth-order valence-corrected chi connectivity index (χ4v) is 3.13. The van der Waals surface area contributed by atoms with Gasteiger partial charge in [-0.2, -0.15) is 4.98 Å². The SMILES string of the molecule is c1ccc(-c2nc(NC(c3ccccc3)c3nccs3)no2)cc1. The lowest BCUT2D eigenvalue weighted by Gasteiger charge is -2.15. The molecular weight excluding hydrogens is 320 g/mol. The average Bonchev–Trinajstić information content (AvgIpc) is 3.33. The second kappa shape index (κ2) is 6.64. The zero-order chi connectivity index (χ0) is 16.2. The molecule has 2 heterocycles. The topological polar surface area (TPSA) is 63.8 Å². The maximum absolute atomic E-state index is 5.36. The smallest absolute Gasteiger partial charge is 0.264 e. The van der Waals surface area contributed by atoms with Crippen molar-refractivity contribution in [2.75, 3.05) is 5.32 Å². The minimum atomic E-state index is -0.118. The van der Waals surface area contributed by atoms with Crippen molar-refractivity contribution in [3.8, 4) is 11.5 Å². The van der Waals surface area contributed by atoms with E-state index in [1.54, 1.807) is 17.5 Å². The van der Waals surface area contributed by atoms with Crippen molar-refractivity contribution in [2.45, 2.75) is 6.04 Å². The van der Waals surface area contributed by atoms with Gasteiger partial charge in [-0.3, -0.25) is 0 Å². The number of nitrogens with zero attached hydrogens (tertiary/aromatic N) is 3. The summed E-state index contributed by atoms with van der Waals surface area (Å²) in [6.45, 7) is 0. The Kier molecular flexibility index (Phi) is 4.04. The third-order valence-electron chi connectivity index (χ3n) is 3.55. The highest BCUT2D eigenvalue weighted by Crippen LogP contribution is 2.28. The molecule has 5 nitrogen and oxygen atoms in total. The number of anilines is 1. The molecule has 0 aliphatic rings. The second-order valence-electron chi connectivity index (χ2n) is 5.15. The minimum absolute atomic E-state index is 0.118. The van der Waals surface area contributed by atoms with Crippen molar-refractivity contribution < 1.29 is 4.52 Å². The van der Waals surface area contributed by atoms with Gasteiger partial charge in [-0.25, -0.2) is 4.98 Å². The maximum Gasteiger partial charge on any atom is 0.264 e. The van der Waals surface area contributed by atoms with Crippen LogP contribution in [0.3, 0.4) is 0 Å². The van der Waals surface area contributed by atoms with Gasteiger partial charge in [-0.05, 0) is 22.9 Å². The summed E-state index contributed by atoms with van der Waals surface area (Å²) in [7, 11) is 0. The van der Waals surface area contributed by atoms with Crippen LogP contribution in [0.2, 0.25) is 0 Å². The molecule has 2 aromatic heterocycles. The van der Waals surface area contributed by atoms with Crippen LogP contribution in [0.4, 0.5) is 5.95 Å². The highest BCUT2D eigenvalue weighted by Gasteiger charge is 2.19. The summed E-state index contributed by atoms with van der Waals surface area (Å²) < 4.78 is 5.36. The largest absolute Gasteiger partial charge is 0.338 e. The van der Waals surface area contributed by atoms with E-state index in [0.717, 1.165) is 16.1 Å². The Bertz CT molecular complexity index is 891. The van der Waals surface area contributed by atoms with Gasteiger partial charge in [0.1, 0.15) is 11.0 Å². The lowest BCUT2D eigenvalue weighted by molar-refractivity contribution is 0.432. The van der Waals surface area contributed by atoms with E-state index in [4.69, 9.17) is 4.52 Å². The minimum Gasteiger partial charge on any atom is -0.338 e. The summed E-state index contributed by atoms with van der Waals surface area (Å²) in [5.41, 5.74) is 1.99. The van der Waals surface area contributed by atoms with E-state index in [1.165, 1.54) is 0 Å². The molecule has 0 spiro atoms. The number of nitrogens with one attached hydrogen (secondary N) is 1. The molecule has 4 rings (SSSR count). The summed E-state index contributed by atoms with van der Waals surface area (Å²) in [6, 6.07) is 19.7. The van der Waals surface area contributed by atoms with E-state index < -0.39 is 0 Å². The summed E-state index contributed by atoms with van der Waals surface area (Å²) in [5, 5.41) is 10.3. The van der Waals surface area contributed by atoms with Crippen molar-refractivity contribution >= 4 is 17.3 Å². The molecule has 6 heteroatoms. The van der Waals surface area contributed by atoms with Crippen molar-refractivity contribution in [3.63, 3.8) is 0 Å². The van der Waals surface area contributed by atoms with Gasteiger partial charge in [0.15, 0.2) is 0 Å². The Labute approximate surface area is 143 Å². The fraction of sp³-hybridized carbons (Fsp3) is 0.0556. The average molecular weight is 334 g/mol. The van der Waals surface area contributed by atoms with Gasteiger partial charge >= 0.3 is 0 Å². The van der Waals surface area contributed by atoms with Crippen LogP contribution in [0.25, 0.3) is 11.5 Å². The van der Waals surface area contributed by atoms with E-state index in [0.29, 0.717) is 11.8 Å². The van der Waals surface area contributed by atoms with Gasteiger partial charge in [0.05, 0.1) is 0 Å². The van der Waals surface area contributed by atoms with E-state index >= 15 is 0 Å². The van der Waals surface area contributed by atoms with Gasteiger partial charge < -0.3 is 9.84 Å². The number of thiazole rings is 1. The summed E-state index contributed by atoms with van der Waals surface area (Å²) >= 11 is 1.59. The van der Waals surface area contributed by atoms with Gasteiger partial charge in [-0.15, -0.1) is 11.3 Å². The first kappa shape index (κ1) is 14.6. The van der Waals surface area contributed by atoms with E-state index in [2.05, 4.69) is 32.6 Å². The van der Waals surface area contributed by atoms with Crippen LogP contribution in [0.1, 0.15) is 16.6 Å². The molecule has 0 saturated carbocycles. The predicted molar refractivity (Wildman–Crippen MR) is 93.8 cm³/mol. The van der Waals surface area contributed by atoms with Gasteiger partial charge in [0.25, 0.3) is 11.8 Å². The Balaban J connectivity index is 1.63. The van der Waals surface area contributed by atoms with Crippen LogP contribution < -0.4 is 5.32 Å². The van der Waals surface area contributed by atoms with Gasteiger partial charge in [0.2, 0.25) is 0 Å². The van der Waals surface area contributed by atoms with E-state index in [-0.39, 0.29) is 6.04 Å². The van der Waals surface area contributed by atoms with Crippen LogP contribution in [0.5, 0.6) is 0 Å². The number of hydrogen-bond donors (Lipinski definition) is 1. The fourth-order valence-electron chi connectivity index (χ4n) is 2.42. The van der Waals surface area contributed by atoms with Crippen LogP contribution >= 0.6 is 11.3 Å². The second-order valence-corrected chi connectivity index (χ2v) is 6.07. The zero-order valence-electron chi connectivity index (χ0n) is 12.7.